The maximum Gasteiger partial charge on any atom is 0.137 e. The lowest BCUT2D eigenvalue weighted by Crippen LogP contribution is -1.93. The Labute approximate surface area is 111 Å². The lowest BCUT2D eigenvalue weighted by atomic mass is 9.97. The third-order valence-corrected chi connectivity index (χ3v) is 3.32. The zero-order valence-corrected chi connectivity index (χ0v) is 11.4. The van der Waals surface area contributed by atoms with Gasteiger partial charge in [-0.15, -0.1) is 0 Å². The Morgan fingerprint density at radius 2 is 1.76 bits per heavy atom. The smallest absolute Gasteiger partial charge is 0.137 e. The van der Waals surface area contributed by atoms with Gasteiger partial charge >= 0.3 is 0 Å². The maximum absolute atomic E-state index is 6.18. The number of rotatable bonds is 2. The number of nitrogens with zero attached hydrogens (tertiary/aromatic N) is 1. The van der Waals surface area contributed by atoms with Crippen LogP contribution in [0.15, 0.2) is 22.7 Å². The molecule has 1 aromatic carbocycles. The van der Waals surface area contributed by atoms with E-state index in [4.69, 9.17) is 27.7 Å². The monoisotopic (exact) mass is 269 g/mol. The highest BCUT2D eigenvalue weighted by Gasteiger charge is 2.21. The summed E-state index contributed by atoms with van der Waals surface area (Å²) in [5, 5.41) is 5.27. The molecule has 0 saturated carbocycles. The summed E-state index contributed by atoms with van der Waals surface area (Å²) in [6, 6.07) is 5.42. The molecular formula is C13H13Cl2NO. The van der Waals surface area contributed by atoms with Crippen LogP contribution in [0.3, 0.4) is 0 Å². The van der Waals surface area contributed by atoms with Crippen molar-refractivity contribution >= 4 is 23.2 Å². The molecule has 0 bridgehead atoms. The van der Waals surface area contributed by atoms with Crippen molar-refractivity contribution in [1.29, 1.82) is 0 Å². The van der Waals surface area contributed by atoms with Crippen molar-refractivity contribution in [2.24, 2.45) is 0 Å². The van der Waals surface area contributed by atoms with Gasteiger partial charge in [0, 0.05) is 11.1 Å². The Morgan fingerprint density at radius 1 is 1.18 bits per heavy atom. The molecule has 0 N–H and O–H groups in total. The van der Waals surface area contributed by atoms with Crippen LogP contribution in [0, 0.1) is 6.92 Å². The second-order valence-corrected chi connectivity index (χ2v) is 5.07. The second-order valence-electron chi connectivity index (χ2n) is 4.25. The molecule has 0 unspecified atom stereocenters. The molecule has 1 heterocycles. The summed E-state index contributed by atoms with van der Waals surface area (Å²) in [5.74, 6) is 1.12. The average Bonchev–Trinajstić information content (AvgIpc) is 2.60. The first kappa shape index (κ1) is 12.5. The molecule has 1 aromatic heterocycles. The second kappa shape index (κ2) is 4.71. The van der Waals surface area contributed by atoms with Gasteiger partial charge in [0.25, 0.3) is 0 Å². The first-order chi connectivity index (χ1) is 8.02. The molecule has 0 saturated heterocycles. The van der Waals surface area contributed by atoms with Crippen molar-refractivity contribution < 1.29 is 4.52 Å². The van der Waals surface area contributed by atoms with E-state index in [1.807, 2.05) is 13.0 Å². The summed E-state index contributed by atoms with van der Waals surface area (Å²) in [4.78, 5) is 0. The SMILES string of the molecule is Cc1onc(-c2c(Cl)cccc2Cl)c1C(C)C. The number of aryl methyl sites for hydroxylation is 1. The number of hydrogen-bond acceptors (Lipinski definition) is 2. The molecule has 2 nitrogen and oxygen atoms in total. The van der Waals surface area contributed by atoms with E-state index in [1.165, 1.54) is 0 Å². The zero-order valence-electron chi connectivity index (χ0n) is 9.92. The van der Waals surface area contributed by atoms with Crippen molar-refractivity contribution in [3.63, 3.8) is 0 Å². The first-order valence-electron chi connectivity index (χ1n) is 5.43. The van der Waals surface area contributed by atoms with Gasteiger partial charge in [-0.1, -0.05) is 48.3 Å². The van der Waals surface area contributed by atoms with Crippen molar-refractivity contribution in [1.82, 2.24) is 5.16 Å². The van der Waals surface area contributed by atoms with Crippen LogP contribution in [-0.2, 0) is 0 Å². The van der Waals surface area contributed by atoms with Crippen LogP contribution >= 0.6 is 23.2 Å². The minimum atomic E-state index is 0.309. The van der Waals surface area contributed by atoms with E-state index in [2.05, 4.69) is 19.0 Å². The Kier molecular flexibility index (Phi) is 3.45. The molecular weight excluding hydrogens is 257 g/mol. The van der Waals surface area contributed by atoms with Gasteiger partial charge in [0.05, 0.1) is 10.0 Å². The molecule has 0 aliphatic heterocycles. The maximum atomic E-state index is 6.18. The molecule has 0 spiro atoms. The summed E-state index contributed by atoms with van der Waals surface area (Å²) in [5.41, 5.74) is 2.55. The topological polar surface area (TPSA) is 26.0 Å². The van der Waals surface area contributed by atoms with Crippen LogP contribution in [0.2, 0.25) is 10.0 Å². The molecule has 0 fully saturated rings. The molecule has 0 amide bonds. The van der Waals surface area contributed by atoms with Crippen LogP contribution in [0.5, 0.6) is 0 Å². The summed E-state index contributed by atoms with van der Waals surface area (Å²) in [6.45, 7) is 6.08. The molecule has 90 valence electrons. The van der Waals surface area contributed by atoms with Crippen molar-refractivity contribution in [3.05, 3.63) is 39.6 Å². The highest BCUT2D eigenvalue weighted by Crippen LogP contribution is 2.39. The Bertz CT molecular complexity index is 526. The van der Waals surface area contributed by atoms with Crippen LogP contribution in [0.25, 0.3) is 11.3 Å². The van der Waals surface area contributed by atoms with Gasteiger partial charge in [-0.25, -0.2) is 0 Å². The number of hydrogen-bond donors (Lipinski definition) is 0. The summed E-state index contributed by atoms with van der Waals surface area (Å²) < 4.78 is 5.25. The minimum Gasteiger partial charge on any atom is -0.361 e. The van der Waals surface area contributed by atoms with Crippen LogP contribution < -0.4 is 0 Å². The molecule has 2 aromatic rings. The van der Waals surface area contributed by atoms with E-state index in [1.54, 1.807) is 12.1 Å². The number of aromatic nitrogens is 1. The molecule has 0 atom stereocenters. The van der Waals surface area contributed by atoms with Gasteiger partial charge < -0.3 is 4.52 Å². The number of benzene rings is 1. The van der Waals surface area contributed by atoms with Crippen molar-refractivity contribution in [2.75, 3.05) is 0 Å². The first-order valence-corrected chi connectivity index (χ1v) is 6.18. The fraction of sp³-hybridized carbons (Fsp3) is 0.308. The number of halogens is 2. The zero-order chi connectivity index (χ0) is 12.6. The third kappa shape index (κ3) is 2.20. The molecule has 17 heavy (non-hydrogen) atoms. The standard InChI is InChI=1S/C13H13Cl2NO/c1-7(2)11-8(3)17-16-13(11)12-9(14)5-4-6-10(12)15/h4-7H,1-3H3. The Balaban J connectivity index is 2.69. The molecule has 0 radical (unpaired) electrons. The van der Waals surface area contributed by atoms with Crippen LogP contribution in [-0.4, -0.2) is 5.16 Å². The third-order valence-electron chi connectivity index (χ3n) is 2.69. The van der Waals surface area contributed by atoms with Gasteiger partial charge in [0.1, 0.15) is 11.5 Å². The highest BCUT2D eigenvalue weighted by molar-refractivity contribution is 6.39. The lowest BCUT2D eigenvalue weighted by Gasteiger charge is -2.08. The van der Waals surface area contributed by atoms with Gasteiger partial charge in [-0.2, -0.15) is 0 Å². The summed E-state index contributed by atoms with van der Waals surface area (Å²) >= 11 is 12.4. The van der Waals surface area contributed by atoms with E-state index < -0.39 is 0 Å². The normalized spacial score (nSPS) is 11.2. The van der Waals surface area contributed by atoms with E-state index in [9.17, 15) is 0 Å². The molecule has 0 aliphatic carbocycles. The average molecular weight is 270 g/mol. The Hall–Kier alpha value is -0.990. The predicted molar refractivity (Wildman–Crippen MR) is 70.8 cm³/mol. The van der Waals surface area contributed by atoms with Gasteiger partial charge in [-0.3, -0.25) is 0 Å². The van der Waals surface area contributed by atoms with Crippen molar-refractivity contribution in [2.45, 2.75) is 26.7 Å². The van der Waals surface area contributed by atoms with Gasteiger partial charge in [-0.05, 0) is 25.0 Å². The minimum absolute atomic E-state index is 0.309. The van der Waals surface area contributed by atoms with E-state index in [0.717, 1.165) is 22.6 Å². The predicted octanol–water partition coefficient (Wildman–Crippen LogP) is 5.08. The fourth-order valence-electron chi connectivity index (χ4n) is 1.96. The fourth-order valence-corrected chi connectivity index (χ4v) is 2.54. The lowest BCUT2D eigenvalue weighted by molar-refractivity contribution is 0.397. The van der Waals surface area contributed by atoms with Crippen LogP contribution in [0.4, 0.5) is 0 Å². The molecule has 4 heteroatoms. The van der Waals surface area contributed by atoms with E-state index in [-0.39, 0.29) is 0 Å². The van der Waals surface area contributed by atoms with Crippen molar-refractivity contribution in [3.8, 4) is 11.3 Å². The van der Waals surface area contributed by atoms with Gasteiger partial charge in [0.15, 0.2) is 0 Å². The van der Waals surface area contributed by atoms with Crippen LogP contribution in [0.1, 0.15) is 31.1 Å². The van der Waals surface area contributed by atoms with E-state index >= 15 is 0 Å². The van der Waals surface area contributed by atoms with E-state index in [0.29, 0.717) is 16.0 Å². The molecule has 2 rings (SSSR count). The highest BCUT2D eigenvalue weighted by atomic mass is 35.5. The Morgan fingerprint density at radius 3 is 2.29 bits per heavy atom. The molecule has 0 aliphatic rings. The largest absolute Gasteiger partial charge is 0.361 e. The quantitative estimate of drug-likeness (QED) is 0.760. The van der Waals surface area contributed by atoms with Gasteiger partial charge in [0.2, 0.25) is 0 Å². The summed E-state index contributed by atoms with van der Waals surface area (Å²) in [7, 11) is 0. The summed E-state index contributed by atoms with van der Waals surface area (Å²) in [6.07, 6.45) is 0.